The average Bonchev–Trinajstić information content (AvgIpc) is 2.53. The van der Waals surface area contributed by atoms with Crippen molar-refractivity contribution in [2.75, 3.05) is 34.2 Å². The van der Waals surface area contributed by atoms with Gasteiger partial charge in [0.25, 0.3) is 0 Å². The van der Waals surface area contributed by atoms with Crippen molar-refractivity contribution < 1.29 is 14.1 Å². The Bertz CT molecular complexity index is 392. The van der Waals surface area contributed by atoms with E-state index in [1.807, 2.05) is 0 Å². The molecule has 0 aromatic heterocycles. The zero-order valence-electron chi connectivity index (χ0n) is 18.7. The first-order chi connectivity index (χ1) is 12.7. The molecule has 0 fully saturated rings. The molecule has 0 aliphatic carbocycles. The minimum Gasteiger partial charge on any atom is -0.338 e. The van der Waals surface area contributed by atoms with Crippen molar-refractivity contribution in [3.05, 3.63) is 0 Å². The maximum absolute atomic E-state index is 12.1. The fraction of sp³-hybridized carbons (Fsp3) is 0.909. The van der Waals surface area contributed by atoms with Gasteiger partial charge in [-0.1, -0.05) is 71.1 Å². The second-order valence-electron chi connectivity index (χ2n) is 9.01. The van der Waals surface area contributed by atoms with Gasteiger partial charge in [-0.3, -0.25) is 4.79 Å². The number of hydrogen-bond acceptors (Lipinski definition) is 2. The van der Waals surface area contributed by atoms with Crippen LogP contribution in [0.15, 0.2) is 0 Å². The van der Waals surface area contributed by atoms with Crippen molar-refractivity contribution in [1.82, 2.24) is 10.6 Å². The second kappa shape index (κ2) is 15.9. The lowest BCUT2D eigenvalue weighted by molar-refractivity contribution is -0.871. The summed E-state index contributed by atoms with van der Waals surface area (Å²) >= 11 is 0. The number of rotatable bonds is 17. The summed E-state index contributed by atoms with van der Waals surface area (Å²) in [5.41, 5.74) is 0. The van der Waals surface area contributed by atoms with E-state index in [-0.39, 0.29) is 17.9 Å². The Hall–Kier alpha value is -1.10. The van der Waals surface area contributed by atoms with Gasteiger partial charge >= 0.3 is 6.03 Å². The Balaban J connectivity index is 3.67. The largest absolute Gasteiger partial charge is 0.338 e. The van der Waals surface area contributed by atoms with Gasteiger partial charge in [0.1, 0.15) is 5.78 Å². The van der Waals surface area contributed by atoms with Crippen molar-refractivity contribution in [3.63, 3.8) is 0 Å². The predicted molar refractivity (Wildman–Crippen MR) is 115 cm³/mol. The zero-order valence-corrected chi connectivity index (χ0v) is 18.7. The van der Waals surface area contributed by atoms with E-state index < -0.39 is 0 Å². The van der Waals surface area contributed by atoms with Gasteiger partial charge in [-0.15, -0.1) is 0 Å². The number of likely N-dealkylation sites (N-methyl/N-ethyl adjacent to an activating group) is 1. The molecule has 0 bridgehead atoms. The molecule has 0 saturated carbocycles. The number of carbonyl (C=O) groups is 2. The van der Waals surface area contributed by atoms with Crippen LogP contribution in [0.3, 0.4) is 0 Å². The summed E-state index contributed by atoms with van der Waals surface area (Å²) in [7, 11) is 6.20. The van der Waals surface area contributed by atoms with E-state index in [0.717, 1.165) is 17.4 Å². The highest BCUT2D eigenvalue weighted by Crippen LogP contribution is 2.11. The number of nitrogens with one attached hydrogen (secondary N) is 2. The Kier molecular flexibility index (Phi) is 15.3. The fourth-order valence-electron chi connectivity index (χ4n) is 3.40. The Morgan fingerprint density at radius 2 is 1.30 bits per heavy atom. The Labute approximate surface area is 168 Å². The number of nitrogens with zero attached hydrogens (tertiary/aromatic N) is 1. The SMILES string of the molecule is CCCCCCCCCCCCCNC(=O)N[C@H](CC(C)=O)C[N+](C)(C)C. The summed E-state index contributed by atoms with van der Waals surface area (Å²) in [6, 6.07) is -0.262. The summed E-state index contributed by atoms with van der Waals surface area (Å²) in [6.45, 7) is 5.28. The predicted octanol–water partition coefficient (Wildman–Crippen LogP) is 4.65. The van der Waals surface area contributed by atoms with E-state index in [9.17, 15) is 9.59 Å². The Morgan fingerprint density at radius 3 is 1.74 bits per heavy atom. The third-order valence-electron chi connectivity index (χ3n) is 4.70. The molecule has 27 heavy (non-hydrogen) atoms. The summed E-state index contributed by atoms with van der Waals surface area (Å²) in [5.74, 6) is 0.110. The van der Waals surface area contributed by atoms with Crippen LogP contribution in [0.1, 0.15) is 90.9 Å². The summed E-state index contributed by atoms with van der Waals surface area (Å²) in [6.07, 6.45) is 14.7. The van der Waals surface area contributed by atoms with Gasteiger partial charge < -0.3 is 15.1 Å². The molecule has 0 aliphatic heterocycles. The molecule has 0 saturated heterocycles. The Morgan fingerprint density at radius 1 is 0.815 bits per heavy atom. The first kappa shape index (κ1) is 25.9. The maximum Gasteiger partial charge on any atom is 0.315 e. The third kappa shape index (κ3) is 19.5. The lowest BCUT2D eigenvalue weighted by Crippen LogP contribution is -2.51. The van der Waals surface area contributed by atoms with Gasteiger partial charge in [0, 0.05) is 13.0 Å². The maximum atomic E-state index is 12.1. The van der Waals surface area contributed by atoms with Crippen molar-refractivity contribution in [3.8, 4) is 0 Å². The van der Waals surface area contributed by atoms with Crippen molar-refractivity contribution in [2.45, 2.75) is 96.9 Å². The number of carbonyl (C=O) groups excluding carboxylic acids is 2. The van der Waals surface area contributed by atoms with Crippen molar-refractivity contribution >= 4 is 11.8 Å². The topological polar surface area (TPSA) is 58.2 Å². The molecule has 0 radical (unpaired) electrons. The van der Waals surface area contributed by atoms with E-state index in [2.05, 4.69) is 38.7 Å². The van der Waals surface area contributed by atoms with Gasteiger partial charge in [0.2, 0.25) is 0 Å². The third-order valence-corrected chi connectivity index (χ3v) is 4.70. The fourth-order valence-corrected chi connectivity index (χ4v) is 3.40. The van der Waals surface area contributed by atoms with Gasteiger partial charge in [-0.25, -0.2) is 4.79 Å². The minimum absolute atomic E-state index is 0.110. The van der Waals surface area contributed by atoms with Crippen LogP contribution >= 0.6 is 0 Å². The quantitative estimate of drug-likeness (QED) is 0.283. The second-order valence-corrected chi connectivity index (χ2v) is 9.01. The summed E-state index contributed by atoms with van der Waals surface area (Å²) in [4.78, 5) is 23.5. The van der Waals surface area contributed by atoms with Crippen LogP contribution in [0, 0.1) is 0 Å². The van der Waals surface area contributed by atoms with Gasteiger partial charge in [0.15, 0.2) is 0 Å². The van der Waals surface area contributed by atoms with Crippen molar-refractivity contribution in [1.29, 1.82) is 0 Å². The molecule has 2 N–H and O–H groups in total. The van der Waals surface area contributed by atoms with Crippen LogP contribution in [-0.4, -0.2) is 56.6 Å². The number of urea groups is 1. The summed E-state index contributed by atoms with van der Waals surface area (Å²) in [5, 5.41) is 5.89. The van der Waals surface area contributed by atoms with E-state index in [1.54, 1.807) is 6.92 Å². The standard InChI is InChI=1S/C22H45N3O2/c1-6-7-8-9-10-11-12-13-14-15-16-17-23-22(27)24-21(18-20(2)26)19-25(3,4)5/h21H,6-19H2,1-5H3,(H-,23,24,27)/p+1/t21-/m1/s1. The van der Waals surface area contributed by atoms with Crippen LogP contribution in [0.2, 0.25) is 0 Å². The zero-order chi connectivity index (χ0) is 20.5. The molecule has 0 aromatic carbocycles. The first-order valence-corrected chi connectivity index (χ1v) is 11.1. The molecule has 160 valence electrons. The van der Waals surface area contributed by atoms with Crippen LogP contribution in [0.4, 0.5) is 4.79 Å². The van der Waals surface area contributed by atoms with Crippen molar-refractivity contribution in [2.24, 2.45) is 0 Å². The highest BCUT2D eigenvalue weighted by Gasteiger charge is 2.21. The molecule has 5 heteroatoms. The lowest BCUT2D eigenvalue weighted by Gasteiger charge is -2.29. The number of unbranched alkanes of at least 4 members (excludes halogenated alkanes) is 10. The highest BCUT2D eigenvalue weighted by atomic mass is 16.2. The van der Waals surface area contributed by atoms with E-state index >= 15 is 0 Å². The molecule has 0 heterocycles. The van der Waals surface area contributed by atoms with E-state index in [4.69, 9.17) is 0 Å². The smallest absolute Gasteiger partial charge is 0.315 e. The van der Waals surface area contributed by atoms with E-state index in [1.165, 1.54) is 64.2 Å². The van der Waals surface area contributed by atoms with Crippen LogP contribution in [-0.2, 0) is 4.79 Å². The molecule has 0 aliphatic rings. The monoisotopic (exact) mass is 384 g/mol. The van der Waals surface area contributed by atoms with Gasteiger partial charge in [-0.2, -0.15) is 0 Å². The molecule has 5 nitrogen and oxygen atoms in total. The average molecular weight is 385 g/mol. The number of quaternary nitrogens is 1. The molecule has 0 spiro atoms. The van der Waals surface area contributed by atoms with Crippen LogP contribution in [0.25, 0.3) is 0 Å². The number of ketones is 1. The van der Waals surface area contributed by atoms with E-state index in [0.29, 0.717) is 13.0 Å². The number of hydrogen-bond donors (Lipinski definition) is 2. The summed E-state index contributed by atoms with van der Waals surface area (Å²) < 4.78 is 0.719. The van der Waals surface area contributed by atoms with Gasteiger partial charge in [-0.05, 0) is 13.3 Å². The lowest BCUT2D eigenvalue weighted by atomic mass is 10.1. The normalized spacial score (nSPS) is 12.6. The molecule has 0 unspecified atom stereocenters. The highest BCUT2D eigenvalue weighted by molar-refractivity contribution is 5.78. The molecular weight excluding hydrogens is 338 g/mol. The molecular formula is C22H46N3O2+. The number of Topliss-reactive ketones (excluding diaryl/α,β-unsaturated/α-hetero) is 1. The van der Waals surface area contributed by atoms with Crippen LogP contribution < -0.4 is 10.6 Å². The first-order valence-electron chi connectivity index (χ1n) is 11.1. The molecule has 0 aromatic rings. The molecule has 0 rings (SSSR count). The number of amides is 2. The van der Waals surface area contributed by atoms with Crippen LogP contribution in [0.5, 0.6) is 0 Å². The minimum atomic E-state index is -0.151. The molecule has 1 atom stereocenters. The van der Waals surface area contributed by atoms with Gasteiger partial charge in [0.05, 0.1) is 33.7 Å². The molecule has 2 amide bonds.